The quantitative estimate of drug-likeness (QED) is 0.469. The molecule has 3 rings (SSSR count). The van der Waals surface area contributed by atoms with Gasteiger partial charge in [-0.05, 0) is 48.7 Å². The van der Waals surface area contributed by atoms with E-state index in [0.717, 1.165) is 46.3 Å². The molecular weight excluding hydrogens is 352 g/mol. The Morgan fingerprint density at radius 1 is 1.11 bits per heavy atom. The van der Waals surface area contributed by atoms with E-state index in [2.05, 4.69) is 32.0 Å². The summed E-state index contributed by atoms with van der Waals surface area (Å²) in [7, 11) is 1.39. The van der Waals surface area contributed by atoms with E-state index in [0.29, 0.717) is 12.4 Å². The Kier molecular flexibility index (Phi) is 8.12. The molecule has 0 N–H and O–H groups in total. The first-order valence-corrected chi connectivity index (χ1v) is 9.90. The Labute approximate surface area is 167 Å². The molecule has 3 aromatic rings. The number of aryl methyl sites for hydroxylation is 2. The molecule has 0 aliphatic rings. The van der Waals surface area contributed by atoms with Crippen LogP contribution in [0.3, 0.4) is 0 Å². The Bertz CT molecular complexity index is 908. The largest absolute Gasteiger partial charge is 0.489 e. The van der Waals surface area contributed by atoms with Crippen molar-refractivity contribution >= 4 is 16.9 Å². The molecule has 0 atom stereocenters. The molecule has 0 saturated carbocycles. The van der Waals surface area contributed by atoms with Crippen LogP contribution in [0.5, 0.6) is 5.75 Å². The summed E-state index contributed by atoms with van der Waals surface area (Å²) in [4.78, 5) is 11.6. The van der Waals surface area contributed by atoms with Crippen molar-refractivity contribution in [2.24, 2.45) is 0 Å². The maximum atomic E-state index is 11.6. The maximum Gasteiger partial charge on any atom is 0.310 e. The molecule has 0 unspecified atom stereocenters. The van der Waals surface area contributed by atoms with Gasteiger partial charge < -0.3 is 13.9 Å². The molecule has 0 amide bonds. The van der Waals surface area contributed by atoms with E-state index < -0.39 is 0 Å². The average molecular weight is 383 g/mol. The fraction of sp³-hybridized carbons (Fsp3) is 0.375. The standard InChI is InChI=1S/C22H24O4.C2H6/c1-4-7-19-12-18-11-16(10-15(2)22(18)26-19)14-25-20-9-6-5-8-17(20)13-21(23)24-3;1-2/h5-6,8-12H,4,7,13-14H2,1-3H3;1-2H3. The molecule has 150 valence electrons. The maximum absolute atomic E-state index is 11.6. The van der Waals surface area contributed by atoms with Crippen LogP contribution < -0.4 is 4.74 Å². The summed E-state index contributed by atoms with van der Waals surface area (Å²) >= 11 is 0. The van der Waals surface area contributed by atoms with Crippen LogP contribution in [0.4, 0.5) is 0 Å². The van der Waals surface area contributed by atoms with Gasteiger partial charge >= 0.3 is 5.97 Å². The Hall–Kier alpha value is -2.75. The predicted molar refractivity (Wildman–Crippen MR) is 113 cm³/mol. The number of hydrogen-bond acceptors (Lipinski definition) is 4. The number of methoxy groups -OCH3 is 1. The van der Waals surface area contributed by atoms with E-state index in [-0.39, 0.29) is 12.4 Å². The monoisotopic (exact) mass is 382 g/mol. The second-order valence-corrected chi connectivity index (χ2v) is 6.44. The number of carbonyl (C=O) groups is 1. The molecule has 0 saturated heterocycles. The highest BCUT2D eigenvalue weighted by molar-refractivity contribution is 5.82. The SMILES string of the molecule is CC.CCCc1cc2cc(COc3ccccc3CC(=O)OC)cc(C)c2o1. The van der Waals surface area contributed by atoms with Crippen molar-refractivity contribution in [1.29, 1.82) is 0 Å². The molecule has 1 aromatic heterocycles. The Balaban J connectivity index is 0.00000136. The van der Waals surface area contributed by atoms with E-state index in [1.165, 1.54) is 7.11 Å². The van der Waals surface area contributed by atoms with Crippen LogP contribution in [0.2, 0.25) is 0 Å². The minimum atomic E-state index is -0.278. The average Bonchev–Trinajstić information content (AvgIpc) is 3.12. The van der Waals surface area contributed by atoms with Gasteiger partial charge in [0.2, 0.25) is 0 Å². The number of benzene rings is 2. The van der Waals surface area contributed by atoms with Crippen molar-refractivity contribution in [3.05, 3.63) is 64.9 Å². The summed E-state index contributed by atoms with van der Waals surface area (Å²) in [6, 6.07) is 13.9. The van der Waals surface area contributed by atoms with Crippen LogP contribution in [0.15, 0.2) is 46.9 Å². The van der Waals surface area contributed by atoms with E-state index in [4.69, 9.17) is 13.9 Å². The first kappa shape index (κ1) is 21.5. The third kappa shape index (κ3) is 5.38. The summed E-state index contributed by atoms with van der Waals surface area (Å²) in [5.41, 5.74) is 3.95. The molecule has 0 aliphatic carbocycles. The van der Waals surface area contributed by atoms with Crippen molar-refractivity contribution in [2.75, 3.05) is 7.11 Å². The highest BCUT2D eigenvalue weighted by atomic mass is 16.5. The molecule has 0 spiro atoms. The number of ether oxygens (including phenoxy) is 2. The van der Waals surface area contributed by atoms with Gasteiger partial charge in [0.1, 0.15) is 23.7 Å². The van der Waals surface area contributed by atoms with Gasteiger partial charge in [-0.15, -0.1) is 0 Å². The summed E-state index contributed by atoms with van der Waals surface area (Å²) in [6.07, 6.45) is 2.21. The second kappa shape index (κ2) is 10.5. The fourth-order valence-electron chi connectivity index (χ4n) is 3.09. The number of esters is 1. The lowest BCUT2D eigenvalue weighted by Crippen LogP contribution is -2.06. The minimum absolute atomic E-state index is 0.201. The molecule has 4 heteroatoms. The molecule has 0 bridgehead atoms. The number of hydrogen-bond donors (Lipinski definition) is 0. The first-order chi connectivity index (χ1) is 13.6. The van der Waals surface area contributed by atoms with E-state index >= 15 is 0 Å². The lowest BCUT2D eigenvalue weighted by Gasteiger charge is -2.11. The van der Waals surface area contributed by atoms with Gasteiger partial charge in [-0.1, -0.05) is 39.0 Å². The van der Waals surface area contributed by atoms with Crippen LogP contribution in [-0.4, -0.2) is 13.1 Å². The molecular formula is C24H30O4. The number of rotatable bonds is 7. The zero-order valence-corrected chi connectivity index (χ0v) is 17.5. The number of fused-ring (bicyclic) bond motifs is 1. The molecule has 4 nitrogen and oxygen atoms in total. The lowest BCUT2D eigenvalue weighted by molar-refractivity contribution is -0.139. The number of carbonyl (C=O) groups excluding carboxylic acids is 1. The van der Waals surface area contributed by atoms with Crippen molar-refractivity contribution in [1.82, 2.24) is 0 Å². The Morgan fingerprint density at radius 3 is 2.57 bits per heavy atom. The molecule has 0 fully saturated rings. The molecule has 0 aliphatic heterocycles. The number of para-hydroxylation sites is 1. The van der Waals surface area contributed by atoms with E-state index in [9.17, 15) is 4.79 Å². The number of furan rings is 1. The van der Waals surface area contributed by atoms with Gasteiger partial charge in [0.15, 0.2) is 0 Å². The smallest absolute Gasteiger partial charge is 0.310 e. The van der Waals surface area contributed by atoms with E-state index in [1.54, 1.807) is 0 Å². The zero-order valence-electron chi connectivity index (χ0n) is 17.5. The van der Waals surface area contributed by atoms with Crippen LogP contribution in [0.1, 0.15) is 49.6 Å². The van der Waals surface area contributed by atoms with Crippen molar-refractivity contribution in [2.45, 2.75) is 53.6 Å². The van der Waals surface area contributed by atoms with Crippen molar-refractivity contribution in [3.63, 3.8) is 0 Å². The molecule has 0 radical (unpaired) electrons. The van der Waals surface area contributed by atoms with Gasteiger partial charge in [0.05, 0.1) is 13.5 Å². The van der Waals surface area contributed by atoms with Crippen molar-refractivity contribution < 1.29 is 18.7 Å². The normalized spacial score (nSPS) is 10.3. The molecule has 28 heavy (non-hydrogen) atoms. The highest BCUT2D eigenvalue weighted by Gasteiger charge is 2.11. The van der Waals surface area contributed by atoms with Gasteiger partial charge in [0, 0.05) is 17.4 Å². The van der Waals surface area contributed by atoms with Gasteiger partial charge in [-0.25, -0.2) is 0 Å². The third-order valence-corrected chi connectivity index (χ3v) is 4.34. The fourth-order valence-corrected chi connectivity index (χ4v) is 3.09. The summed E-state index contributed by atoms with van der Waals surface area (Å²) in [6.45, 7) is 8.63. The third-order valence-electron chi connectivity index (χ3n) is 4.34. The van der Waals surface area contributed by atoms with Crippen LogP contribution in [0.25, 0.3) is 11.0 Å². The van der Waals surface area contributed by atoms with Gasteiger partial charge in [-0.3, -0.25) is 4.79 Å². The lowest BCUT2D eigenvalue weighted by atomic mass is 10.1. The highest BCUT2D eigenvalue weighted by Crippen LogP contribution is 2.27. The van der Waals surface area contributed by atoms with Gasteiger partial charge in [0.25, 0.3) is 0 Å². The Morgan fingerprint density at radius 2 is 1.86 bits per heavy atom. The summed E-state index contributed by atoms with van der Waals surface area (Å²) in [5.74, 6) is 1.45. The second-order valence-electron chi connectivity index (χ2n) is 6.44. The van der Waals surface area contributed by atoms with E-state index in [1.807, 2.05) is 38.1 Å². The predicted octanol–water partition coefficient (Wildman–Crippen LogP) is 6.01. The first-order valence-electron chi connectivity index (χ1n) is 9.90. The summed E-state index contributed by atoms with van der Waals surface area (Å²) in [5, 5.41) is 1.11. The zero-order chi connectivity index (χ0) is 20.5. The molecule has 1 heterocycles. The van der Waals surface area contributed by atoms with Crippen LogP contribution in [0, 0.1) is 6.92 Å². The van der Waals surface area contributed by atoms with Crippen molar-refractivity contribution in [3.8, 4) is 5.75 Å². The van der Waals surface area contributed by atoms with Crippen LogP contribution >= 0.6 is 0 Å². The van der Waals surface area contributed by atoms with Crippen LogP contribution in [-0.2, 0) is 29.0 Å². The topological polar surface area (TPSA) is 48.7 Å². The minimum Gasteiger partial charge on any atom is -0.489 e. The van der Waals surface area contributed by atoms with Gasteiger partial charge in [-0.2, -0.15) is 0 Å². The molecule has 2 aromatic carbocycles. The summed E-state index contributed by atoms with van der Waals surface area (Å²) < 4.78 is 16.7.